The van der Waals surface area contributed by atoms with Gasteiger partial charge < -0.3 is 14.2 Å². The third-order valence-electron chi connectivity index (χ3n) is 4.87. The Balaban J connectivity index is 1.71. The van der Waals surface area contributed by atoms with Gasteiger partial charge in [0.25, 0.3) is 0 Å². The lowest BCUT2D eigenvalue weighted by atomic mass is 10.1. The standard InChI is InChI=1S/C20H21N3O2/c1-3-22-16-9-5-4-8-15(16)21-20(22)14-12-19(24)23(13-14)17-10-6-7-11-18(17)25-2/h4-11,14H,3,12-13H2,1-2H3/t14-/m0/s1. The number of anilines is 1. The number of methoxy groups -OCH3 is 1. The second-order valence-corrected chi connectivity index (χ2v) is 6.28. The Morgan fingerprint density at radius 2 is 1.92 bits per heavy atom. The van der Waals surface area contributed by atoms with E-state index in [1.807, 2.05) is 47.4 Å². The lowest BCUT2D eigenvalue weighted by Gasteiger charge is -2.19. The second kappa shape index (κ2) is 6.24. The minimum Gasteiger partial charge on any atom is -0.495 e. The van der Waals surface area contributed by atoms with E-state index in [1.165, 1.54) is 0 Å². The van der Waals surface area contributed by atoms with Gasteiger partial charge in [-0.1, -0.05) is 24.3 Å². The summed E-state index contributed by atoms with van der Waals surface area (Å²) >= 11 is 0. The van der Waals surface area contributed by atoms with E-state index in [0.29, 0.717) is 13.0 Å². The molecule has 0 aliphatic carbocycles. The lowest BCUT2D eigenvalue weighted by Crippen LogP contribution is -2.25. The Hall–Kier alpha value is -2.82. The zero-order chi connectivity index (χ0) is 17.4. The smallest absolute Gasteiger partial charge is 0.227 e. The van der Waals surface area contributed by atoms with E-state index >= 15 is 0 Å². The van der Waals surface area contributed by atoms with Crippen LogP contribution in [0.1, 0.15) is 25.1 Å². The number of imidazole rings is 1. The molecule has 0 unspecified atom stereocenters. The number of fused-ring (bicyclic) bond motifs is 1. The molecular weight excluding hydrogens is 314 g/mol. The number of para-hydroxylation sites is 4. The molecule has 1 atom stereocenters. The summed E-state index contributed by atoms with van der Waals surface area (Å²) in [5.74, 6) is 1.92. The van der Waals surface area contributed by atoms with E-state index in [-0.39, 0.29) is 11.8 Å². The van der Waals surface area contributed by atoms with Crippen molar-refractivity contribution >= 4 is 22.6 Å². The topological polar surface area (TPSA) is 47.4 Å². The van der Waals surface area contributed by atoms with E-state index in [4.69, 9.17) is 9.72 Å². The van der Waals surface area contributed by atoms with Gasteiger partial charge in [0.15, 0.2) is 0 Å². The molecule has 2 aromatic carbocycles. The van der Waals surface area contributed by atoms with Crippen molar-refractivity contribution in [3.63, 3.8) is 0 Å². The Morgan fingerprint density at radius 1 is 1.16 bits per heavy atom. The second-order valence-electron chi connectivity index (χ2n) is 6.28. The summed E-state index contributed by atoms with van der Waals surface area (Å²) in [4.78, 5) is 19.3. The highest BCUT2D eigenvalue weighted by Gasteiger charge is 2.35. The normalized spacial score (nSPS) is 17.4. The highest BCUT2D eigenvalue weighted by atomic mass is 16.5. The van der Waals surface area contributed by atoms with E-state index in [2.05, 4.69) is 17.6 Å². The van der Waals surface area contributed by atoms with Crippen molar-refractivity contribution in [2.45, 2.75) is 25.8 Å². The molecule has 5 heteroatoms. The number of rotatable bonds is 4. The predicted molar refractivity (Wildman–Crippen MR) is 98.1 cm³/mol. The van der Waals surface area contributed by atoms with Crippen molar-refractivity contribution in [2.75, 3.05) is 18.6 Å². The zero-order valence-corrected chi connectivity index (χ0v) is 14.5. The molecule has 128 valence electrons. The number of amides is 1. The van der Waals surface area contributed by atoms with Crippen LogP contribution in [0.15, 0.2) is 48.5 Å². The van der Waals surface area contributed by atoms with E-state index in [9.17, 15) is 4.79 Å². The monoisotopic (exact) mass is 335 g/mol. The number of hydrogen-bond donors (Lipinski definition) is 0. The van der Waals surface area contributed by atoms with Crippen LogP contribution in [0.3, 0.4) is 0 Å². The number of benzene rings is 2. The van der Waals surface area contributed by atoms with Crippen molar-refractivity contribution in [3.8, 4) is 5.75 Å². The fourth-order valence-electron chi connectivity index (χ4n) is 3.70. The molecule has 1 amide bonds. The average Bonchev–Trinajstić information content (AvgIpc) is 3.21. The number of aryl methyl sites for hydroxylation is 1. The van der Waals surface area contributed by atoms with Crippen LogP contribution in [0, 0.1) is 0 Å². The van der Waals surface area contributed by atoms with Gasteiger partial charge in [0.2, 0.25) is 5.91 Å². The molecule has 5 nitrogen and oxygen atoms in total. The van der Waals surface area contributed by atoms with Crippen LogP contribution in [0.2, 0.25) is 0 Å². The van der Waals surface area contributed by atoms with Gasteiger partial charge in [-0.05, 0) is 31.2 Å². The van der Waals surface area contributed by atoms with Gasteiger partial charge >= 0.3 is 0 Å². The maximum atomic E-state index is 12.7. The van der Waals surface area contributed by atoms with Gasteiger partial charge in [-0.15, -0.1) is 0 Å². The van der Waals surface area contributed by atoms with Gasteiger partial charge in [-0.25, -0.2) is 4.98 Å². The highest BCUT2D eigenvalue weighted by molar-refractivity contribution is 5.97. The molecule has 3 aromatic rings. The summed E-state index contributed by atoms with van der Waals surface area (Å²) in [7, 11) is 1.63. The number of nitrogens with zero attached hydrogens (tertiary/aromatic N) is 3. The summed E-state index contributed by atoms with van der Waals surface area (Å²) < 4.78 is 7.65. The summed E-state index contributed by atoms with van der Waals surface area (Å²) in [5, 5.41) is 0. The Kier molecular flexibility index (Phi) is 3.92. The summed E-state index contributed by atoms with van der Waals surface area (Å²) in [6, 6.07) is 15.8. The highest BCUT2D eigenvalue weighted by Crippen LogP contribution is 2.36. The molecule has 1 saturated heterocycles. The number of carbonyl (C=O) groups excluding carboxylic acids is 1. The Morgan fingerprint density at radius 3 is 2.72 bits per heavy atom. The van der Waals surface area contributed by atoms with E-state index < -0.39 is 0 Å². The lowest BCUT2D eigenvalue weighted by molar-refractivity contribution is -0.117. The van der Waals surface area contributed by atoms with E-state index in [0.717, 1.165) is 34.8 Å². The molecule has 0 spiro atoms. The molecule has 2 heterocycles. The van der Waals surface area contributed by atoms with Crippen molar-refractivity contribution < 1.29 is 9.53 Å². The fraction of sp³-hybridized carbons (Fsp3) is 0.300. The van der Waals surface area contributed by atoms with E-state index in [1.54, 1.807) is 7.11 Å². The molecule has 0 radical (unpaired) electrons. The Bertz CT molecular complexity index is 932. The molecular formula is C20H21N3O2. The third kappa shape index (κ3) is 2.56. The first-order valence-corrected chi connectivity index (χ1v) is 8.61. The molecule has 0 saturated carbocycles. The van der Waals surface area contributed by atoms with Crippen LogP contribution in [0.5, 0.6) is 5.75 Å². The van der Waals surface area contributed by atoms with Crippen molar-refractivity contribution in [1.29, 1.82) is 0 Å². The molecule has 25 heavy (non-hydrogen) atoms. The van der Waals surface area contributed by atoms with Crippen LogP contribution in [-0.4, -0.2) is 29.1 Å². The van der Waals surface area contributed by atoms with Gasteiger partial charge in [0, 0.05) is 25.4 Å². The quantitative estimate of drug-likeness (QED) is 0.732. The molecule has 1 aliphatic heterocycles. The maximum Gasteiger partial charge on any atom is 0.227 e. The largest absolute Gasteiger partial charge is 0.495 e. The summed E-state index contributed by atoms with van der Waals surface area (Å²) in [6.45, 7) is 3.59. The first kappa shape index (κ1) is 15.7. The van der Waals surface area contributed by atoms with Crippen LogP contribution >= 0.6 is 0 Å². The van der Waals surface area contributed by atoms with Crippen LogP contribution < -0.4 is 9.64 Å². The number of ether oxygens (including phenoxy) is 1. The van der Waals surface area contributed by atoms with Crippen molar-refractivity contribution in [2.24, 2.45) is 0 Å². The first-order chi connectivity index (χ1) is 12.2. The minimum absolute atomic E-state index is 0.0877. The van der Waals surface area contributed by atoms with Gasteiger partial charge in [-0.3, -0.25) is 4.79 Å². The third-order valence-corrected chi connectivity index (χ3v) is 4.87. The molecule has 1 aromatic heterocycles. The number of carbonyl (C=O) groups is 1. The van der Waals surface area contributed by atoms with Gasteiger partial charge in [0.1, 0.15) is 11.6 Å². The van der Waals surface area contributed by atoms with Crippen molar-refractivity contribution in [3.05, 3.63) is 54.4 Å². The van der Waals surface area contributed by atoms with Crippen molar-refractivity contribution in [1.82, 2.24) is 9.55 Å². The minimum atomic E-state index is 0.0877. The number of aromatic nitrogens is 2. The predicted octanol–water partition coefficient (Wildman–Crippen LogP) is 3.59. The van der Waals surface area contributed by atoms with Gasteiger partial charge in [-0.2, -0.15) is 0 Å². The van der Waals surface area contributed by atoms with Crippen LogP contribution in [-0.2, 0) is 11.3 Å². The summed E-state index contributed by atoms with van der Waals surface area (Å²) in [6.07, 6.45) is 0.474. The SMILES string of the molecule is CCn1c([C@H]2CC(=O)N(c3ccccc3OC)C2)nc2ccccc21. The molecule has 0 bridgehead atoms. The van der Waals surface area contributed by atoms with Gasteiger partial charge in [0.05, 0.1) is 23.8 Å². The molecule has 1 aliphatic rings. The summed E-state index contributed by atoms with van der Waals surface area (Å²) in [5.41, 5.74) is 2.95. The zero-order valence-electron chi connectivity index (χ0n) is 14.5. The fourth-order valence-corrected chi connectivity index (χ4v) is 3.70. The molecule has 0 N–H and O–H groups in total. The first-order valence-electron chi connectivity index (χ1n) is 8.61. The average molecular weight is 335 g/mol. The maximum absolute atomic E-state index is 12.7. The molecule has 1 fully saturated rings. The Labute approximate surface area is 146 Å². The number of hydrogen-bond acceptors (Lipinski definition) is 3. The van der Waals surface area contributed by atoms with Crippen LogP contribution in [0.25, 0.3) is 11.0 Å². The van der Waals surface area contributed by atoms with Crippen LogP contribution in [0.4, 0.5) is 5.69 Å². The molecule has 4 rings (SSSR count).